The van der Waals surface area contributed by atoms with Crippen LogP contribution in [0.25, 0.3) is 0 Å². The number of H-pyrrole nitrogens is 1. The third kappa shape index (κ3) is 7.35. The Kier molecular flexibility index (Phi) is 6.55. The lowest BCUT2D eigenvalue weighted by Gasteiger charge is -2.15. The van der Waals surface area contributed by atoms with Gasteiger partial charge in [0.25, 0.3) is 10.1 Å². The van der Waals surface area contributed by atoms with E-state index in [9.17, 15) is 8.42 Å². The molecule has 0 spiro atoms. The summed E-state index contributed by atoms with van der Waals surface area (Å²) < 4.78 is 30.4. The van der Waals surface area contributed by atoms with E-state index < -0.39 is 15.9 Å². The van der Waals surface area contributed by atoms with E-state index in [-0.39, 0.29) is 11.3 Å². The first-order chi connectivity index (χ1) is 8.88. The minimum Gasteiger partial charge on any atom is -0.328 e. The normalized spacial score (nSPS) is 16.7. The number of nitrogens with zero attached hydrogens (tertiary/aromatic N) is 3. The monoisotopic (exact) mass is 309 g/mol. The van der Waals surface area contributed by atoms with Gasteiger partial charge in [-0.1, -0.05) is 29.6 Å². The number of hydrogen-bond donors (Lipinski definition) is 3. The van der Waals surface area contributed by atoms with E-state index in [1.165, 1.54) is 36.8 Å². The Morgan fingerprint density at radius 2 is 2.05 bits per heavy atom. The smallest absolute Gasteiger partial charge is 0.266 e. The molecule has 8 nitrogen and oxygen atoms in total. The summed E-state index contributed by atoms with van der Waals surface area (Å²) in [7, 11) is -3.96. The van der Waals surface area contributed by atoms with Gasteiger partial charge in [0.05, 0.1) is 12.3 Å². The second-order valence-electron chi connectivity index (χ2n) is 4.42. The zero-order valence-electron chi connectivity index (χ0n) is 10.5. The number of hydrogen-bond acceptors (Lipinski definition) is 6. The molecule has 0 radical (unpaired) electrons. The van der Waals surface area contributed by atoms with Crippen LogP contribution in [-0.2, 0) is 16.7 Å². The molecule has 1 heterocycles. The van der Waals surface area contributed by atoms with Crippen LogP contribution in [0, 0.1) is 4.77 Å². The third-order valence-electron chi connectivity index (χ3n) is 2.75. The number of aromatic amines is 1. The number of nitrogens with one attached hydrogen (secondary N) is 1. The Bertz CT molecular complexity index is 518. The first kappa shape index (κ1) is 16.2. The Labute approximate surface area is 117 Å². The van der Waals surface area contributed by atoms with Crippen LogP contribution in [0.4, 0.5) is 0 Å². The van der Waals surface area contributed by atoms with Gasteiger partial charge in [0, 0.05) is 6.04 Å². The van der Waals surface area contributed by atoms with E-state index in [2.05, 4.69) is 27.7 Å². The molecule has 1 aromatic rings. The van der Waals surface area contributed by atoms with Crippen molar-refractivity contribution in [2.45, 2.75) is 44.7 Å². The molecule has 0 amide bonds. The van der Waals surface area contributed by atoms with Crippen molar-refractivity contribution in [1.29, 1.82) is 0 Å². The highest BCUT2D eigenvalue weighted by atomic mass is 32.2. The average Bonchev–Trinajstić information content (AvgIpc) is 2.73. The molecule has 4 N–H and O–H groups in total. The standard InChI is InChI=1S/C6H13N.C3H6N4O3S2/c7-6-4-2-1-3-5-6;8-12(9,10)2-1-7-3(11)4-5-6-7/h6H,1-5,7H2;1-2H2,(H,4,6,11)(H,8,9,10). The maximum Gasteiger partial charge on any atom is 0.266 e. The van der Waals surface area contributed by atoms with Crippen LogP contribution in [0.2, 0.25) is 0 Å². The molecule has 1 aliphatic rings. The van der Waals surface area contributed by atoms with E-state index in [1.54, 1.807) is 0 Å². The molecular formula is C9H19N5O3S2. The van der Waals surface area contributed by atoms with Crippen molar-refractivity contribution in [2.75, 3.05) is 5.75 Å². The van der Waals surface area contributed by atoms with Crippen LogP contribution in [0.15, 0.2) is 0 Å². The maximum atomic E-state index is 10.3. The van der Waals surface area contributed by atoms with Crippen LogP contribution in [0.5, 0.6) is 0 Å². The summed E-state index contributed by atoms with van der Waals surface area (Å²) in [6, 6.07) is 0.536. The molecule has 110 valence electrons. The molecule has 0 unspecified atom stereocenters. The fourth-order valence-electron chi connectivity index (χ4n) is 1.70. The SMILES string of the molecule is NC1CCCCC1.O=S(=O)(O)CCn1[nH]nnc1=S. The van der Waals surface area contributed by atoms with Crippen molar-refractivity contribution >= 4 is 22.3 Å². The van der Waals surface area contributed by atoms with E-state index in [4.69, 9.17) is 10.3 Å². The van der Waals surface area contributed by atoms with Gasteiger partial charge >= 0.3 is 0 Å². The van der Waals surface area contributed by atoms with Crippen molar-refractivity contribution in [3.63, 3.8) is 0 Å². The summed E-state index contributed by atoms with van der Waals surface area (Å²) in [5.41, 5.74) is 5.63. The van der Waals surface area contributed by atoms with Crippen molar-refractivity contribution in [1.82, 2.24) is 20.2 Å². The molecular weight excluding hydrogens is 290 g/mol. The van der Waals surface area contributed by atoms with E-state index in [0.29, 0.717) is 6.04 Å². The molecule has 1 fully saturated rings. The lowest BCUT2D eigenvalue weighted by atomic mass is 9.97. The number of nitrogens with two attached hydrogens (primary N) is 1. The fraction of sp³-hybridized carbons (Fsp3) is 0.889. The van der Waals surface area contributed by atoms with Crippen molar-refractivity contribution < 1.29 is 13.0 Å². The van der Waals surface area contributed by atoms with Crippen LogP contribution in [0.3, 0.4) is 0 Å². The third-order valence-corrected chi connectivity index (χ3v) is 3.76. The van der Waals surface area contributed by atoms with Crippen LogP contribution in [0.1, 0.15) is 32.1 Å². The average molecular weight is 309 g/mol. The zero-order chi connectivity index (χ0) is 14.3. The molecule has 1 aromatic heterocycles. The molecule has 0 bridgehead atoms. The predicted molar refractivity (Wildman–Crippen MR) is 72.7 cm³/mol. The van der Waals surface area contributed by atoms with Gasteiger partial charge in [0.1, 0.15) is 0 Å². The van der Waals surface area contributed by atoms with Gasteiger partial charge in [-0.05, 0) is 25.1 Å². The van der Waals surface area contributed by atoms with Crippen LogP contribution in [-0.4, -0.2) is 45.0 Å². The molecule has 1 saturated carbocycles. The second-order valence-corrected chi connectivity index (χ2v) is 6.36. The highest BCUT2D eigenvalue weighted by molar-refractivity contribution is 7.85. The van der Waals surface area contributed by atoms with Crippen LogP contribution < -0.4 is 5.73 Å². The molecule has 0 aliphatic heterocycles. The van der Waals surface area contributed by atoms with Crippen molar-refractivity contribution in [2.24, 2.45) is 5.73 Å². The summed E-state index contributed by atoms with van der Waals surface area (Å²) in [6.45, 7) is 0.0185. The number of rotatable bonds is 3. The van der Waals surface area contributed by atoms with E-state index >= 15 is 0 Å². The molecule has 0 saturated heterocycles. The van der Waals surface area contributed by atoms with Crippen LogP contribution >= 0.6 is 12.2 Å². The number of tetrazole rings is 1. The van der Waals surface area contributed by atoms with Gasteiger partial charge in [-0.3, -0.25) is 4.55 Å². The molecule has 0 atom stereocenters. The molecule has 1 aliphatic carbocycles. The van der Waals surface area contributed by atoms with Gasteiger partial charge in [-0.15, -0.1) is 0 Å². The fourth-order valence-corrected chi connectivity index (χ4v) is 2.29. The second kappa shape index (κ2) is 7.68. The Morgan fingerprint density at radius 1 is 1.42 bits per heavy atom. The summed E-state index contributed by atoms with van der Waals surface area (Å²) in [4.78, 5) is 0. The summed E-state index contributed by atoms with van der Waals surface area (Å²) in [5.74, 6) is -0.412. The predicted octanol–water partition coefficient (Wildman–Crippen LogP) is 0.501. The van der Waals surface area contributed by atoms with E-state index in [1.807, 2.05) is 0 Å². The molecule has 2 rings (SSSR count). The summed E-state index contributed by atoms with van der Waals surface area (Å²) in [6.07, 6.45) is 6.66. The minimum absolute atomic E-state index is 0.0185. The first-order valence-electron chi connectivity index (χ1n) is 6.07. The highest BCUT2D eigenvalue weighted by Crippen LogP contribution is 2.14. The Balaban J connectivity index is 0.000000218. The van der Waals surface area contributed by atoms with Gasteiger partial charge in [0.2, 0.25) is 4.77 Å². The largest absolute Gasteiger partial charge is 0.328 e. The van der Waals surface area contributed by atoms with Crippen molar-refractivity contribution in [3.05, 3.63) is 4.77 Å². The van der Waals surface area contributed by atoms with E-state index in [0.717, 1.165) is 0 Å². The number of aryl methyl sites for hydroxylation is 1. The molecule has 0 aromatic carbocycles. The zero-order valence-corrected chi connectivity index (χ0v) is 12.2. The Morgan fingerprint density at radius 3 is 2.42 bits per heavy atom. The summed E-state index contributed by atoms with van der Waals surface area (Å²) in [5, 5.41) is 9.10. The lowest BCUT2D eigenvalue weighted by molar-refractivity contribution is 0.441. The Hall–Kier alpha value is -0.840. The summed E-state index contributed by atoms with van der Waals surface area (Å²) >= 11 is 4.66. The van der Waals surface area contributed by atoms with Crippen molar-refractivity contribution in [3.8, 4) is 0 Å². The highest BCUT2D eigenvalue weighted by Gasteiger charge is 2.06. The van der Waals surface area contributed by atoms with Gasteiger partial charge < -0.3 is 5.73 Å². The lowest BCUT2D eigenvalue weighted by Crippen LogP contribution is -2.22. The first-order valence-corrected chi connectivity index (χ1v) is 8.09. The van der Waals surface area contributed by atoms with Gasteiger partial charge in [0.15, 0.2) is 0 Å². The van der Waals surface area contributed by atoms with Gasteiger partial charge in [-0.2, -0.15) is 13.6 Å². The maximum absolute atomic E-state index is 10.3. The number of aromatic nitrogens is 4. The topological polar surface area (TPSA) is 127 Å². The quantitative estimate of drug-likeness (QED) is 0.548. The molecule has 10 heteroatoms. The van der Waals surface area contributed by atoms with Gasteiger partial charge in [-0.25, -0.2) is 4.68 Å². The minimum atomic E-state index is -3.96. The molecule has 19 heavy (non-hydrogen) atoms.